The van der Waals surface area contributed by atoms with E-state index in [0.717, 1.165) is 25.7 Å². The average Bonchev–Trinajstić information content (AvgIpc) is 2.89. The summed E-state index contributed by atoms with van der Waals surface area (Å²) in [7, 11) is -5.32. The van der Waals surface area contributed by atoms with Gasteiger partial charge in [-0.05, 0) is 77.5 Å². The van der Waals surface area contributed by atoms with Crippen LogP contribution in [0.2, 0.25) is 0 Å². The Kier molecular flexibility index (Phi) is 32.7. The summed E-state index contributed by atoms with van der Waals surface area (Å²) in [6.07, 6.45) is 13.3. The maximum atomic E-state index is 12.1. The molecular formula is C30H29Na2O8P. The van der Waals surface area contributed by atoms with Crippen LogP contribution in [0.3, 0.4) is 0 Å². The number of phosphoric ester groups is 1. The number of hydrogen-bond donors (Lipinski definition) is 0. The molecule has 0 N–H and O–H groups in total. The molecule has 204 valence electrons. The maximum absolute atomic E-state index is 12.1. The van der Waals surface area contributed by atoms with Crippen LogP contribution in [0.5, 0.6) is 0 Å². The first-order valence-corrected chi connectivity index (χ1v) is 13.7. The average molecular weight is 595 g/mol. The molecule has 41 heavy (non-hydrogen) atoms. The van der Waals surface area contributed by atoms with Crippen molar-refractivity contribution in [2.45, 2.75) is 77.2 Å². The zero-order valence-corrected chi connectivity index (χ0v) is 28.7. The van der Waals surface area contributed by atoms with Crippen LogP contribution >= 0.6 is 7.82 Å². The Labute approximate surface area is 288 Å². The number of ether oxygens (including phenoxy) is 2. The van der Waals surface area contributed by atoms with Crippen molar-refractivity contribution in [3.05, 3.63) is 0 Å². The Morgan fingerprint density at radius 2 is 1.20 bits per heavy atom. The molecule has 0 heterocycles. The summed E-state index contributed by atoms with van der Waals surface area (Å²) < 4.78 is 24.9. The number of terminal acetylenes is 1. The zero-order valence-electron chi connectivity index (χ0n) is 23.9. The fourth-order valence-electron chi connectivity index (χ4n) is 2.72. The fraction of sp³-hybridized carbons (Fsp3) is 0.467. The van der Waals surface area contributed by atoms with Crippen molar-refractivity contribution in [1.82, 2.24) is 0 Å². The van der Waals surface area contributed by atoms with Gasteiger partial charge in [-0.25, -0.2) is 4.79 Å². The molecule has 0 bridgehead atoms. The van der Waals surface area contributed by atoms with Gasteiger partial charge in [-0.3, -0.25) is 4.79 Å². The van der Waals surface area contributed by atoms with E-state index in [2.05, 4.69) is 88.4 Å². The Morgan fingerprint density at radius 3 is 1.68 bits per heavy atom. The molecule has 0 aromatic carbocycles. The minimum absolute atomic E-state index is 0. The number of rotatable bonds is 16. The normalized spacial score (nSPS) is 9.22. The van der Waals surface area contributed by atoms with E-state index in [4.69, 9.17) is 15.9 Å². The largest absolute Gasteiger partial charge is 1.00 e. The smallest absolute Gasteiger partial charge is 0.790 e. The van der Waals surface area contributed by atoms with Gasteiger partial charge in [-0.1, -0.05) is 58.3 Å². The van der Waals surface area contributed by atoms with Crippen LogP contribution in [-0.2, 0) is 28.2 Å². The number of esters is 2. The predicted molar refractivity (Wildman–Crippen MR) is 142 cm³/mol. The molecule has 0 rings (SSSR count). The molecule has 0 spiro atoms. The number of hydrogen-bond acceptors (Lipinski definition) is 8. The van der Waals surface area contributed by atoms with E-state index in [1.54, 1.807) is 0 Å². The summed E-state index contributed by atoms with van der Waals surface area (Å²) in [5, 5.41) is 0. The second-order valence-electron chi connectivity index (χ2n) is 7.68. The van der Waals surface area contributed by atoms with E-state index < -0.39 is 39.1 Å². The second-order valence-corrected chi connectivity index (χ2v) is 8.83. The Bertz CT molecular complexity index is 1260. The van der Waals surface area contributed by atoms with Gasteiger partial charge in [0.25, 0.3) is 0 Å². The number of phosphoric acid groups is 1. The first-order chi connectivity index (χ1) is 18.8. The molecule has 0 unspecified atom stereocenters. The van der Waals surface area contributed by atoms with Crippen molar-refractivity contribution >= 4 is 19.8 Å². The van der Waals surface area contributed by atoms with Crippen LogP contribution in [-0.4, -0.2) is 31.3 Å². The van der Waals surface area contributed by atoms with E-state index in [9.17, 15) is 23.9 Å². The van der Waals surface area contributed by atoms with E-state index in [1.807, 2.05) is 0 Å². The van der Waals surface area contributed by atoms with Gasteiger partial charge in [0, 0.05) is 12.3 Å². The summed E-state index contributed by atoms with van der Waals surface area (Å²) in [5.74, 6) is 28.3. The molecule has 8 nitrogen and oxygen atoms in total. The molecular weight excluding hydrogens is 565 g/mol. The van der Waals surface area contributed by atoms with Crippen molar-refractivity contribution in [3.63, 3.8) is 0 Å². The van der Waals surface area contributed by atoms with E-state index in [-0.39, 0.29) is 65.5 Å². The molecule has 0 radical (unpaired) electrons. The monoisotopic (exact) mass is 594 g/mol. The van der Waals surface area contributed by atoms with Crippen molar-refractivity contribution in [3.8, 4) is 83.4 Å². The first kappa shape index (κ1) is 43.4. The van der Waals surface area contributed by atoms with Crippen LogP contribution in [0.1, 0.15) is 71.1 Å². The zero-order chi connectivity index (χ0) is 29.0. The van der Waals surface area contributed by atoms with Gasteiger partial charge < -0.3 is 28.3 Å². The second kappa shape index (κ2) is 30.9. The quantitative estimate of drug-likeness (QED) is 0.0441. The fourth-order valence-corrected chi connectivity index (χ4v) is 3.07. The molecule has 0 fully saturated rings. The number of carbonyl (C=O) groups excluding carboxylic acids is 2. The topological polar surface area (TPSA) is 125 Å². The third kappa shape index (κ3) is 34.1. The van der Waals surface area contributed by atoms with Gasteiger partial charge in [0.05, 0.1) is 14.4 Å². The molecule has 0 aromatic heterocycles. The van der Waals surface area contributed by atoms with Crippen LogP contribution in [0.25, 0.3) is 0 Å². The van der Waals surface area contributed by atoms with Crippen LogP contribution in [0.4, 0.5) is 0 Å². The molecule has 0 aliphatic carbocycles. The van der Waals surface area contributed by atoms with Crippen molar-refractivity contribution < 1.29 is 97.1 Å². The number of unbranched alkanes of at least 4 members (excludes halogenated alkanes) is 8. The number of carbonyl (C=O) groups is 2. The van der Waals surface area contributed by atoms with Crippen molar-refractivity contribution in [2.75, 3.05) is 13.2 Å². The van der Waals surface area contributed by atoms with Gasteiger partial charge in [-0.2, -0.15) is 0 Å². The summed E-state index contributed by atoms with van der Waals surface area (Å²) >= 11 is 0. The van der Waals surface area contributed by atoms with Crippen molar-refractivity contribution in [1.29, 1.82) is 0 Å². The van der Waals surface area contributed by atoms with Gasteiger partial charge >= 0.3 is 71.1 Å². The van der Waals surface area contributed by atoms with Gasteiger partial charge in [-0.15, -0.1) is 6.42 Å². The molecule has 0 amide bonds. The summed E-state index contributed by atoms with van der Waals surface area (Å²) in [4.78, 5) is 45.4. The molecule has 0 aromatic rings. The standard InChI is InChI=1S/C30H31O8P.2Na/c1-3-5-7-9-11-13-14-15-17-18-20-22-24-29(31)36-26-28(27-37-39(33,34)35)38-30(32)25-23-21-19-16-12-10-8-6-4-2;;/h1,28H,4,6,8,10,12,16,19,21,23,25-27H2,2H3,(H2,33,34,35);;/q;2*+1/p-2/t28-;;/m0../s1. The molecule has 11 heteroatoms. The van der Waals surface area contributed by atoms with Gasteiger partial charge in [0.2, 0.25) is 0 Å². The minimum Gasteiger partial charge on any atom is -0.790 e. The van der Waals surface area contributed by atoms with E-state index in [1.165, 1.54) is 25.7 Å². The summed E-state index contributed by atoms with van der Waals surface area (Å²) in [6, 6.07) is 0. The molecule has 0 saturated heterocycles. The van der Waals surface area contributed by atoms with Crippen LogP contribution in [0.15, 0.2) is 0 Å². The Balaban J connectivity index is -0.00000722. The van der Waals surface area contributed by atoms with E-state index in [0.29, 0.717) is 6.42 Å². The van der Waals surface area contributed by atoms with Gasteiger partial charge in [0.15, 0.2) is 6.10 Å². The predicted octanol–water partition coefficient (Wildman–Crippen LogP) is -4.13. The SMILES string of the molecule is C#CC#CC#CC#CC#CC#CC#CC(=O)OC[C@@H](COP(=O)([O-])[O-])OC(=O)CCCCCCCCCCC.[Na+].[Na+]. The third-order valence-corrected chi connectivity index (χ3v) is 4.93. The molecule has 0 aliphatic rings. The van der Waals surface area contributed by atoms with Gasteiger partial charge in [0.1, 0.15) is 6.61 Å². The van der Waals surface area contributed by atoms with E-state index >= 15 is 0 Å². The van der Waals surface area contributed by atoms with Crippen molar-refractivity contribution in [2.24, 2.45) is 0 Å². The Morgan fingerprint density at radius 1 is 0.732 bits per heavy atom. The summed E-state index contributed by atoms with van der Waals surface area (Å²) in [5.41, 5.74) is 0. The third-order valence-electron chi connectivity index (χ3n) is 4.46. The molecule has 1 atom stereocenters. The Hall–Kier alpha value is -2.03. The molecule has 0 saturated carbocycles. The first-order valence-electron chi connectivity index (χ1n) is 12.3. The van der Waals surface area contributed by atoms with Crippen LogP contribution in [0, 0.1) is 83.4 Å². The molecule has 0 aliphatic heterocycles. The summed E-state index contributed by atoms with van der Waals surface area (Å²) in [6.45, 7) is 0.819. The minimum atomic E-state index is -5.32. The van der Waals surface area contributed by atoms with Crippen LogP contribution < -0.4 is 68.9 Å². The maximum Gasteiger partial charge on any atom is 1.00 e.